The number of hydrogen-bond donors (Lipinski definition) is 0. The lowest BCUT2D eigenvalue weighted by Crippen LogP contribution is -2.46. The van der Waals surface area contributed by atoms with Gasteiger partial charge in [-0.2, -0.15) is 0 Å². The summed E-state index contributed by atoms with van der Waals surface area (Å²) in [5.74, 6) is -1.46. The van der Waals surface area contributed by atoms with Gasteiger partial charge in [-0.3, -0.25) is 14.5 Å². The molecule has 0 aromatic rings. The quantitative estimate of drug-likeness (QED) is 0.684. The first-order valence-electron chi connectivity index (χ1n) is 6.37. The third-order valence-electron chi connectivity index (χ3n) is 4.50. The van der Waals surface area contributed by atoms with E-state index in [1.165, 1.54) is 14.2 Å². The third kappa shape index (κ3) is 1.72. The molecular weight excluding hydrogens is 234 g/mol. The zero-order valence-corrected chi connectivity index (χ0v) is 11.4. The zero-order chi connectivity index (χ0) is 13.5. The lowest BCUT2D eigenvalue weighted by Gasteiger charge is -2.34. The number of methoxy groups -OCH3 is 2. The van der Waals surface area contributed by atoms with E-state index in [0.29, 0.717) is 0 Å². The second-order valence-electron chi connectivity index (χ2n) is 5.61. The Bertz CT molecular complexity index is 366. The minimum Gasteiger partial charge on any atom is -0.469 e. The van der Waals surface area contributed by atoms with E-state index in [1.807, 2.05) is 13.8 Å². The van der Waals surface area contributed by atoms with Crippen molar-refractivity contribution in [3.05, 3.63) is 0 Å². The molecule has 2 aliphatic rings. The average molecular weight is 255 g/mol. The van der Waals surface area contributed by atoms with Crippen LogP contribution in [0.3, 0.4) is 0 Å². The SMILES string of the molecule is COC(=O)[C@H]1[C@H]2CCCN2C(C)(C)[C@H]1C(=O)OC. The molecule has 2 fully saturated rings. The summed E-state index contributed by atoms with van der Waals surface area (Å²) < 4.78 is 9.77. The minimum absolute atomic E-state index is 0.108. The lowest BCUT2D eigenvalue weighted by molar-refractivity contribution is -0.158. The standard InChI is InChI=1S/C13H21NO4/c1-13(2)10(12(16)18-4)9(11(15)17-3)8-6-5-7-14(8)13/h8-10H,5-7H2,1-4H3/t8-,9+,10-/m1/s1. The number of rotatable bonds is 2. The van der Waals surface area contributed by atoms with Gasteiger partial charge in [0.15, 0.2) is 0 Å². The molecular formula is C13H21NO4. The van der Waals surface area contributed by atoms with Gasteiger partial charge in [0, 0.05) is 11.6 Å². The second-order valence-corrected chi connectivity index (χ2v) is 5.61. The highest BCUT2D eigenvalue weighted by atomic mass is 16.5. The number of nitrogens with zero attached hydrogens (tertiary/aromatic N) is 1. The highest BCUT2D eigenvalue weighted by Crippen LogP contribution is 2.48. The van der Waals surface area contributed by atoms with E-state index in [0.717, 1.165) is 19.4 Å². The van der Waals surface area contributed by atoms with Crippen molar-refractivity contribution in [1.82, 2.24) is 4.90 Å². The van der Waals surface area contributed by atoms with Gasteiger partial charge in [-0.1, -0.05) is 0 Å². The van der Waals surface area contributed by atoms with Crippen LogP contribution >= 0.6 is 0 Å². The normalized spacial score (nSPS) is 34.1. The van der Waals surface area contributed by atoms with E-state index in [4.69, 9.17) is 9.47 Å². The van der Waals surface area contributed by atoms with Crippen molar-refractivity contribution in [2.45, 2.75) is 38.3 Å². The van der Waals surface area contributed by atoms with Crippen LogP contribution in [0.5, 0.6) is 0 Å². The molecule has 0 amide bonds. The van der Waals surface area contributed by atoms with Gasteiger partial charge in [0.1, 0.15) is 0 Å². The highest BCUT2D eigenvalue weighted by Gasteiger charge is 2.61. The Labute approximate surface area is 107 Å². The van der Waals surface area contributed by atoms with Crippen LogP contribution in [0, 0.1) is 11.8 Å². The van der Waals surface area contributed by atoms with Gasteiger partial charge in [0.2, 0.25) is 0 Å². The number of esters is 2. The van der Waals surface area contributed by atoms with Crippen LogP contribution in [-0.4, -0.2) is 49.2 Å². The Hall–Kier alpha value is -1.10. The van der Waals surface area contributed by atoms with Gasteiger partial charge < -0.3 is 9.47 Å². The molecule has 0 saturated carbocycles. The maximum atomic E-state index is 12.0. The van der Waals surface area contributed by atoms with Gasteiger partial charge in [0.25, 0.3) is 0 Å². The molecule has 2 rings (SSSR count). The van der Waals surface area contributed by atoms with E-state index >= 15 is 0 Å². The first kappa shape index (κ1) is 13.3. The van der Waals surface area contributed by atoms with E-state index < -0.39 is 11.8 Å². The van der Waals surface area contributed by atoms with Crippen molar-refractivity contribution in [2.24, 2.45) is 11.8 Å². The molecule has 0 aromatic carbocycles. The molecule has 0 spiro atoms. The zero-order valence-electron chi connectivity index (χ0n) is 11.4. The summed E-state index contributed by atoms with van der Waals surface area (Å²) in [4.78, 5) is 26.3. The lowest BCUT2D eigenvalue weighted by atomic mass is 9.79. The van der Waals surface area contributed by atoms with Crippen molar-refractivity contribution in [2.75, 3.05) is 20.8 Å². The Balaban J connectivity index is 2.39. The molecule has 5 nitrogen and oxygen atoms in total. The fourth-order valence-corrected chi connectivity index (χ4v) is 3.71. The number of hydrogen-bond acceptors (Lipinski definition) is 5. The summed E-state index contributed by atoms with van der Waals surface area (Å²) in [6, 6.07) is 0.108. The molecule has 18 heavy (non-hydrogen) atoms. The smallest absolute Gasteiger partial charge is 0.311 e. The van der Waals surface area contributed by atoms with Gasteiger partial charge in [0.05, 0.1) is 26.1 Å². The van der Waals surface area contributed by atoms with Crippen LogP contribution < -0.4 is 0 Å². The van der Waals surface area contributed by atoms with E-state index in [9.17, 15) is 9.59 Å². The van der Waals surface area contributed by atoms with Crippen LogP contribution in [0.4, 0.5) is 0 Å². The number of ether oxygens (including phenoxy) is 2. The highest BCUT2D eigenvalue weighted by molar-refractivity contribution is 5.84. The minimum atomic E-state index is -0.444. The number of fused-ring (bicyclic) bond motifs is 1. The number of carbonyl (C=O) groups excluding carboxylic acids is 2. The summed E-state index contributed by atoms with van der Waals surface area (Å²) in [5, 5.41) is 0. The fraction of sp³-hybridized carbons (Fsp3) is 0.846. The predicted octanol–water partition coefficient (Wildman–Crippen LogP) is 0.821. The van der Waals surface area contributed by atoms with Crippen molar-refractivity contribution in [3.8, 4) is 0 Å². The Morgan fingerprint density at radius 1 is 1.17 bits per heavy atom. The molecule has 0 N–H and O–H groups in total. The van der Waals surface area contributed by atoms with Crippen LogP contribution in [-0.2, 0) is 19.1 Å². The summed E-state index contributed by atoms with van der Waals surface area (Å²) in [6.07, 6.45) is 2.01. The van der Waals surface area contributed by atoms with Crippen molar-refractivity contribution < 1.29 is 19.1 Å². The van der Waals surface area contributed by atoms with Crippen LogP contribution in [0.2, 0.25) is 0 Å². The molecule has 5 heteroatoms. The van der Waals surface area contributed by atoms with E-state index in [1.54, 1.807) is 0 Å². The third-order valence-corrected chi connectivity index (χ3v) is 4.50. The fourth-order valence-electron chi connectivity index (χ4n) is 3.71. The van der Waals surface area contributed by atoms with E-state index in [-0.39, 0.29) is 23.5 Å². The molecule has 3 atom stereocenters. The molecule has 0 aromatic heterocycles. The van der Waals surface area contributed by atoms with Crippen LogP contribution in [0.1, 0.15) is 26.7 Å². The molecule has 0 unspecified atom stereocenters. The van der Waals surface area contributed by atoms with Gasteiger partial charge >= 0.3 is 11.9 Å². The maximum absolute atomic E-state index is 12.0. The number of carbonyl (C=O) groups is 2. The van der Waals surface area contributed by atoms with Crippen molar-refractivity contribution in [1.29, 1.82) is 0 Å². The monoisotopic (exact) mass is 255 g/mol. The van der Waals surface area contributed by atoms with Gasteiger partial charge in [-0.15, -0.1) is 0 Å². The van der Waals surface area contributed by atoms with E-state index in [2.05, 4.69) is 4.90 Å². The Morgan fingerprint density at radius 3 is 2.33 bits per heavy atom. The molecule has 0 aliphatic carbocycles. The summed E-state index contributed by atoms with van der Waals surface area (Å²) >= 11 is 0. The summed E-state index contributed by atoms with van der Waals surface area (Å²) in [5.41, 5.74) is -0.354. The maximum Gasteiger partial charge on any atom is 0.311 e. The van der Waals surface area contributed by atoms with Crippen molar-refractivity contribution in [3.63, 3.8) is 0 Å². The Kier molecular flexibility index (Phi) is 3.36. The first-order valence-corrected chi connectivity index (χ1v) is 6.37. The molecule has 2 aliphatic heterocycles. The van der Waals surface area contributed by atoms with Gasteiger partial charge in [-0.05, 0) is 33.2 Å². The molecule has 102 valence electrons. The Morgan fingerprint density at radius 2 is 1.78 bits per heavy atom. The molecule has 0 radical (unpaired) electrons. The summed E-state index contributed by atoms with van der Waals surface area (Å²) in [7, 11) is 2.75. The molecule has 2 saturated heterocycles. The largest absolute Gasteiger partial charge is 0.469 e. The first-order chi connectivity index (χ1) is 8.45. The van der Waals surface area contributed by atoms with Crippen LogP contribution in [0.25, 0.3) is 0 Å². The second kappa shape index (κ2) is 4.53. The molecule has 0 bridgehead atoms. The summed E-state index contributed by atoms with van der Waals surface area (Å²) in [6.45, 7) is 4.95. The van der Waals surface area contributed by atoms with Crippen molar-refractivity contribution >= 4 is 11.9 Å². The topological polar surface area (TPSA) is 55.8 Å². The van der Waals surface area contributed by atoms with Gasteiger partial charge in [-0.25, -0.2) is 0 Å². The average Bonchev–Trinajstić information content (AvgIpc) is 2.89. The molecule has 2 heterocycles. The predicted molar refractivity (Wildman–Crippen MR) is 64.8 cm³/mol. The van der Waals surface area contributed by atoms with Crippen LogP contribution in [0.15, 0.2) is 0 Å².